The van der Waals surface area contributed by atoms with E-state index in [4.69, 9.17) is 0 Å². The van der Waals surface area contributed by atoms with E-state index in [0.29, 0.717) is 0 Å². The van der Waals surface area contributed by atoms with E-state index in [-0.39, 0.29) is 17.5 Å². The van der Waals surface area contributed by atoms with Crippen LogP contribution in [0.2, 0.25) is 0 Å². The Kier molecular flexibility index (Phi) is 5.14. The molecule has 1 aromatic heterocycles. The number of carbonyl (C=O) groups excluding carboxylic acids is 1. The quantitative estimate of drug-likeness (QED) is 0.879. The van der Waals surface area contributed by atoms with Crippen LogP contribution in [0.4, 0.5) is 4.79 Å². The first kappa shape index (κ1) is 16.8. The Morgan fingerprint density at radius 1 is 1.36 bits per heavy atom. The number of aromatic nitrogens is 2. The van der Waals surface area contributed by atoms with E-state index in [1.807, 2.05) is 25.6 Å². The molecule has 5 heteroatoms. The first-order valence-electron chi connectivity index (χ1n) is 8.34. The van der Waals surface area contributed by atoms with Crippen molar-refractivity contribution in [2.75, 3.05) is 6.54 Å². The molecule has 2 N–H and O–H groups in total. The summed E-state index contributed by atoms with van der Waals surface area (Å²) in [4.78, 5) is 12.1. The van der Waals surface area contributed by atoms with Gasteiger partial charge >= 0.3 is 6.03 Å². The summed E-state index contributed by atoms with van der Waals surface area (Å²) in [5.74, 6) is 0. The van der Waals surface area contributed by atoms with Crippen molar-refractivity contribution < 1.29 is 4.79 Å². The molecule has 0 aliphatic heterocycles. The van der Waals surface area contributed by atoms with Crippen LogP contribution in [0.5, 0.6) is 0 Å². The summed E-state index contributed by atoms with van der Waals surface area (Å²) in [6.07, 6.45) is 5.83. The van der Waals surface area contributed by atoms with Gasteiger partial charge in [-0.1, -0.05) is 19.8 Å². The Morgan fingerprint density at radius 2 is 2.00 bits per heavy atom. The van der Waals surface area contributed by atoms with Crippen molar-refractivity contribution in [1.29, 1.82) is 0 Å². The lowest BCUT2D eigenvalue weighted by atomic mass is 9.89. The largest absolute Gasteiger partial charge is 0.338 e. The van der Waals surface area contributed by atoms with Crippen molar-refractivity contribution in [1.82, 2.24) is 20.4 Å². The number of nitrogens with one attached hydrogen (secondary N) is 2. The SMILES string of the molecule is Cc1nn(C)c(C)c1C[C@@H](C)NC(=O)NCC1(C)CCCC1. The lowest BCUT2D eigenvalue weighted by molar-refractivity contribution is 0.228. The van der Waals surface area contributed by atoms with Crippen LogP contribution in [0.3, 0.4) is 0 Å². The maximum atomic E-state index is 12.1. The highest BCUT2D eigenvalue weighted by Crippen LogP contribution is 2.36. The number of aryl methyl sites for hydroxylation is 2. The standard InChI is InChI=1S/C17H30N4O/c1-12(10-15-13(2)20-21(5)14(15)3)19-16(22)18-11-17(4)8-6-7-9-17/h12H,6-11H2,1-5H3,(H2,18,19,22)/t12-/m1/s1. The number of amides is 2. The predicted octanol–water partition coefficient (Wildman–Crippen LogP) is 2.85. The summed E-state index contributed by atoms with van der Waals surface area (Å²) in [5.41, 5.74) is 3.74. The Morgan fingerprint density at radius 3 is 2.55 bits per heavy atom. The molecular formula is C17H30N4O. The van der Waals surface area contributed by atoms with Crippen LogP contribution in [0.25, 0.3) is 0 Å². The third kappa shape index (κ3) is 4.02. The molecule has 1 heterocycles. The number of rotatable bonds is 5. The van der Waals surface area contributed by atoms with Crippen LogP contribution in [0.1, 0.15) is 56.5 Å². The zero-order valence-corrected chi connectivity index (χ0v) is 14.6. The third-order valence-corrected chi connectivity index (χ3v) is 5.03. The molecule has 1 aromatic rings. The summed E-state index contributed by atoms with van der Waals surface area (Å²) in [6, 6.07) is 0.0396. The minimum atomic E-state index is -0.0557. The normalized spacial score (nSPS) is 18.2. The molecule has 22 heavy (non-hydrogen) atoms. The van der Waals surface area contributed by atoms with Crippen molar-refractivity contribution in [3.8, 4) is 0 Å². The van der Waals surface area contributed by atoms with E-state index in [0.717, 1.165) is 18.7 Å². The second-order valence-corrected chi connectivity index (χ2v) is 7.22. The lowest BCUT2D eigenvalue weighted by Gasteiger charge is -2.24. The molecule has 1 aliphatic carbocycles. The summed E-state index contributed by atoms with van der Waals surface area (Å²) in [5, 5.41) is 10.5. The first-order chi connectivity index (χ1) is 10.3. The topological polar surface area (TPSA) is 59.0 Å². The van der Waals surface area contributed by atoms with Crippen molar-refractivity contribution in [2.24, 2.45) is 12.5 Å². The molecule has 1 aliphatic rings. The van der Waals surface area contributed by atoms with Gasteiger partial charge in [0.05, 0.1) is 5.69 Å². The van der Waals surface area contributed by atoms with E-state index >= 15 is 0 Å². The molecule has 0 radical (unpaired) electrons. The van der Waals surface area contributed by atoms with Gasteiger partial charge in [0.25, 0.3) is 0 Å². The highest BCUT2D eigenvalue weighted by molar-refractivity contribution is 5.74. The predicted molar refractivity (Wildman–Crippen MR) is 89.0 cm³/mol. The van der Waals surface area contributed by atoms with Crippen LogP contribution < -0.4 is 10.6 Å². The number of nitrogens with zero attached hydrogens (tertiary/aromatic N) is 2. The van der Waals surface area contributed by atoms with Crippen LogP contribution in [-0.2, 0) is 13.5 Å². The maximum Gasteiger partial charge on any atom is 0.315 e. The average molecular weight is 306 g/mol. The lowest BCUT2D eigenvalue weighted by Crippen LogP contribution is -2.45. The summed E-state index contributed by atoms with van der Waals surface area (Å²) in [6.45, 7) is 9.18. The number of urea groups is 1. The molecule has 0 spiro atoms. The second kappa shape index (κ2) is 6.71. The number of hydrogen-bond acceptors (Lipinski definition) is 2. The van der Waals surface area contributed by atoms with Crippen molar-refractivity contribution >= 4 is 6.03 Å². The summed E-state index contributed by atoms with van der Waals surface area (Å²) in [7, 11) is 1.96. The van der Waals surface area contributed by atoms with Crippen LogP contribution >= 0.6 is 0 Å². The molecule has 2 rings (SSSR count). The monoisotopic (exact) mass is 306 g/mol. The molecule has 0 saturated heterocycles. The fourth-order valence-electron chi connectivity index (χ4n) is 3.44. The fraction of sp³-hybridized carbons (Fsp3) is 0.765. The van der Waals surface area contributed by atoms with Gasteiger partial charge in [0.15, 0.2) is 0 Å². The van der Waals surface area contributed by atoms with Crippen LogP contribution in [0.15, 0.2) is 0 Å². The minimum Gasteiger partial charge on any atom is -0.338 e. The van der Waals surface area contributed by atoms with Gasteiger partial charge in [0.2, 0.25) is 0 Å². The van der Waals surface area contributed by atoms with Crippen molar-refractivity contribution in [3.05, 3.63) is 17.0 Å². The van der Waals surface area contributed by atoms with E-state index in [9.17, 15) is 4.79 Å². The molecule has 1 fully saturated rings. The molecule has 2 amide bonds. The summed E-state index contributed by atoms with van der Waals surface area (Å²) >= 11 is 0. The minimum absolute atomic E-state index is 0.0557. The zero-order valence-electron chi connectivity index (χ0n) is 14.6. The smallest absolute Gasteiger partial charge is 0.315 e. The summed E-state index contributed by atoms with van der Waals surface area (Å²) < 4.78 is 1.90. The van der Waals surface area contributed by atoms with Gasteiger partial charge in [-0.05, 0) is 51.0 Å². The first-order valence-corrected chi connectivity index (χ1v) is 8.34. The Hall–Kier alpha value is -1.52. The van der Waals surface area contributed by atoms with Gasteiger partial charge in [-0.2, -0.15) is 5.10 Å². The molecule has 0 unspecified atom stereocenters. The van der Waals surface area contributed by atoms with Gasteiger partial charge in [-0.3, -0.25) is 4.68 Å². The molecule has 1 atom stereocenters. The van der Waals surface area contributed by atoms with E-state index in [1.165, 1.54) is 36.9 Å². The second-order valence-electron chi connectivity index (χ2n) is 7.22. The number of carbonyl (C=O) groups is 1. The molecular weight excluding hydrogens is 276 g/mol. The van der Waals surface area contributed by atoms with E-state index < -0.39 is 0 Å². The van der Waals surface area contributed by atoms with Crippen LogP contribution in [-0.4, -0.2) is 28.4 Å². The molecule has 124 valence electrons. The third-order valence-electron chi connectivity index (χ3n) is 5.03. The van der Waals surface area contributed by atoms with Gasteiger partial charge in [0, 0.05) is 25.3 Å². The molecule has 5 nitrogen and oxygen atoms in total. The highest BCUT2D eigenvalue weighted by Gasteiger charge is 2.29. The Bertz CT molecular complexity index is 529. The fourth-order valence-corrected chi connectivity index (χ4v) is 3.44. The van der Waals surface area contributed by atoms with Gasteiger partial charge in [0.1, 0.15) is 0 Å². The van der Waals surface area contributed by atoms with Crippen LogP contribution in [0, 0.1) is 19.3 Å². The highest BCUT2D eigenvalue weighted by atomic mass is 16.2. The van der Waals surface area contributed by atoms with Gasteiger partial charge < -0.3 is 10.6 Å². The van der Waals surface area contributed by atoms with Crippen molar-refractivity contribution in [3.63, 3.8) is 0 Å². The van der Waals surface area contributed by atoms with Crippen molar-refractivity contribution in [2.45, 2.75) is 65.8 Å². The van der Waals surface area contributed by atoms with Gasteiger partial charge in [-0.25, -0.2) is 4.79 Å². The molecule has 0 bridgehead atoms. The Balaban J connectivity index is 1.81. The van der Waals surface area contributed by atoms with Gasteiger partial charge in [-0.15, -0.1) is 0 Å². The zero-order chi connectivity index (χ0) is 16.3. The maximum absolute atomic E-state index is 12.1. The molecule has 1 saturated carbocycles. The average Bonchev–Trinajstić information content (AvgIpc) is 2.97. The Labute approximate surface area is 133 Å². The number of hydrogen-bond donors (Lipinski definition) is 2. The van der Waals surface area contributed by atoms with E-state index in [1.54, 1.807) is 0 Å². The molecule has 0 aromatic carbocycles. The van der Waals surface area contributed by atoms with E-state index in [2.05, 4.69) is 29.6 Å².